The summed E-state index contributed by atoms with van der Waals surface area (Å²) in [6.45, 7) is 4.25. The maximum Gasteiger partial charge on any atom is 0.265 e. The Bertz CT molecular complexity index is 1190. The predicted octanol–water partition coefficient (Wildman–Crippen LogP) is 3.98. The van der Waals surface area contributed by atoms with Crippen LogP contribution >= 0.6 is 0 Å². The number of benzene rings is 3. The third-order valence-electron chi connectivity index (χ3n) is 4.86. The molecule has 1 N–H and O–H groups in total. The van der Waals surface area contributed by atoms with Gasteiger partial charge in [-0.2, -0.15) is 0 Å². The molecule has 0 spiro atoms. The van der Waals surface area contributed by atoms with Crippen molar-refractivity contribution in [1.82, 2.24) is 5.32 Å². The van der Waals surface area contributed by atoms with E-state index in [1.165, 1.54) is 4.31 Å². The zero-order chi connectivity index (χ0) is 20.4. The van der Waals surface area contributed by atoms with Crippen LogP contribution in [-0.4, -0.2) is 20.9 Å². The van der Waals surface area contributed by atoms with Crippen molar-refractivity contribution in [2.45, 2.75) is 11.4 Å². The minimum atomic E-state index is -3.68. The van der Waals surface area contributed by atoms with Crippen molar-refractivity contribution >= 4 is 21.6 Å². The van der Waals surface area contributed by atoms with Gasteiger partial charge in [-0.1, -0.05) is 54.6 Å². The first-order valence-electron chi connectivity index (χ1n) is 9.21. The van der Waals surface area contributed by atoms with Crippen molar-refractivity contribution in [2.75, 3.05) is 10.8 Å². The number of carbonyl (C=O) groups is 1. The smallest absolute Gasteiger partial charge is 0.265 e. The molecule has 1 aliphatic heterocycles. The SMILES string of the molecule is C=CCN1c2ccc(C(=O)NCc3ccccc3)cc2-c2ccccc2S1(=O)=O. The Kier molecular flexibility index (Phi) is 4.94. The van der Waals surface area contributed by atoms with Crippen LogP contribution in [0.5, 0.6) is 0 Å². The quantitative estimate of drug-likeness (QED) is 0.654. The molecule has 0 bridgehead atoms. The minimum absolute atomic E-state index is 0.156. The molecule has 3 aromatic rings. The number of hydrogen-bond donors (Lipinski definition) is 1. The number of fused-ring (bicyclic) bond motifs is 3. The zero-order valence-corrected chi connectivity index (χ0v) is 16.5. The third kappa shape index (κ3) is 3.43. The molecule has 5 nitrogen and oxygen atoms in total. The van der Waals surface area contributed by atoms with E-state index >= 15 is 0 Å². The standard InChI is InChI=1S/C23H20N2O3S/c1-2-14-25-21-13-12-18(23(26)24-16-17-8-4-3-5-9-17)15-20(21)19-10-6-7-11-22(19)29(25,27)28/h2-13,15H,1,14,16H2,(H,24,26). The molecular formula is C23H20N2O3S. The van der Waals surface area contributed by atoms with Crippen LogP contribution in [0.25, 0.3) is 11.1 Å². The minimum Gasteiger partial charge on any atom is -0.348 e. The number of nitrogens with zero attached hydrogens (tertiary/aromatic N) is 1. The van der Waals surface area contributed by atoms with Crippen LogP contribution in [0.3, 0.4) is 0 Å². The molecule has 0 atom stereocenters. The Morgan fingerprint density at radius 1 is 0.966 bits per heavy atom. The van der Waals surface area contributed by atoms with E-state index in [1.807, 2.05) is 30.3 Å². The van der Waals surface area contributed by atoms with Crippen molar-refractivity contribution in [3.8, 4) is 11.1 Å². The second-order valence-corrected chi connectivity index (χ2v) is 8.55. The van der Waals surface area contributed by atoms with E-state index in [1.54, 1.807) is 48.5 Å². The van der Waals surface area contributed by atoms with Gasteiger partial charge in [-0.3, -0.25) is 9.10 Å². The predicted molar refractivity (Wildman–Crippen MR) is 114 cm³/mol. The van der Waals surface area contributed by atoms with Crippen LogP contribution in [0, 0.1) is 0 Å². The van der Waals surface area contributed by atoms with Gasteiger partial charge in [0.05, 0.1) is 17.1 Å². The summed E-state index contributed by atoms with van der Waals surface area (Å²) in [6.07, 6.45) is 1.55. The molecule has 0 aromatic heterocycles. The molecule has 29 heavy (non-hydrogen) atoms. The number of amides is 1. The number of hydrogen-bond acceptors (Lipinski definition) is 3. The molecular weight excluding hydrogens is 384 g/mol. The Balaban J connectivity index is 1.72. The Morgan fingerprint density at radius 3 is 2.45 bits per heavy atom. The first kappa shape index (κ1) is 19.0. The van der Waals surface area contributed by atoms with Crippen LogP contribution in [-0.2, 0) is 16.6 Å². The Hall–Kier alpha value is -3.38. The van der Waals surface area contributed by atoms with Crippen LogP contribution in [0.2, 0.25) is 0 Å². The van der Waals surface area contributed by atoms with Crippen LogP contribution in [0.15, 0.2) is 90.3 Å². The molecule has 0 aliphatic carbocycles. The normalized spacial score (nSPS) is 13.9. The molecule has 0 fully saturated rings. The van der Waals surface area contributed by atoms with Gasteiger partial charge in [-0.05, 0) is 29.8 Å². The summed E-state index contributed by atoms with van der Waals surface area (Å²) < 4.78 is 27.4. The first-order valence-corrected chi connectivity index (χ1v) is 10.7. The van der Waals surface area contributed by atoms with E-state index in [0.29, 0.717) is 28.9 Å². The van der Waals surface area contributed by atoms with E-state index in [2.05, 4.69) is 11.9 Å². The summed E-state index contributed by atoms with van der Waals surface area (Å²) in [5.41, 5.74) is 3.34. The van der Waals surface area contributed by atoms with Gasteiger partial charge in [0.15, 0.2) is 0 Å². The molecule has 3 aromatic carbocycles. The molecule has 0 unspecified atom stereocenters. The van der Waals surface area contributed by atoms with E-state index in [9.17, 15) is 13.2 Å². The number of sulfonamides is 1. The molecule has 1 aliphatic rings. The van der Waals surface area contributed by atoms with Crippen LogP contribution < -0.4 is 9.62 Å². The van der Waals surface area contributed by atoms with E-state index in [4.69, 9.17) is 0 Å². The zero-order valence-electron chi connectivity index (χ0n) is 15.7. The van der Waals surface area contributed by atoms with Gasteiger partial charge < -0.3 is 5.32 Å². The van der Waals surface area contributed by atoms with Gasteiger partial charge in [-0.25, -0.2) is 8.42 Å². The fraction of sp³-hybridized carbons (Fsp3) is 0.0870. The topological polar surface area (TPSA) is 66.5 Å². The molecule has 1 amide bonds. The first-order chi connectivity index (χ1) is 14.0. The summed E-state index contributed by atoms with van der Waals surface area (Å²) in [7, 11) is -3.68. The average Bonchev–Trinajstić information content (AvgIpc) is 2.75. The maximum absolute atomic E-state index is 13.0. The molecule has 1 heterocycles. The molecule has 6 heteroatoms. The highest BCUT2D eigenvalue weighted by molar-refractivity contribution is 7.93. The van der Waals surface area contributed by atoms with Crippen molar-refractivity contribution in [1.29, 1.82) is 0 Å². The summed E-state index contributed by atoms with van der Waals surface area (Å²) >= 11 is 0. The summed E-state index contributed by atoms with van der Waals surface area (Å²) in [4.78, 5) is 12.9. The summed E-state index contributed by atoms with van der Waals surface area (Å²) in [5, 5.41) is 2.91. The summed E-state index contributed by atoms with van der Waals surface area (Å²) in [5.74, 6) is -0.210. The highest BCUT2D eigenvalue weighted by Crippen LogP contribution is 2.43. The lowest BCUT2D eigenvalue weighted by molar-refractivity contribution is 0.0951. The van der Waals surface area contributed by atoms with Crippen LogP contribution in [0.1, 0.15) is 15.9 Å². The lowest BCUT2D eigenvalue weighted by atomic mass is 10.00. The molecule has 0 radical (unpaired) electrons. The van der Waals surface area contributed by atoms with Gasteiger partial charge >= 0.3 is 0 Å². The van der Waals surface area contributed by atoms with E-state index in [0.717, 1.165) is 5.56 Å². The van der Waals surface area contributed by atoms with Crippen molar-refractivity contribution in [3.05, 3.63) is 96.6 Å². The molecule has 4 rings (SSSR count). The Labute approximate surface area is 170 Å². The highest BCUT2D eigenvalue weighted by atomic mass is 32.2. The Morgan fingerprint density at radius 2 is 1.69 bits per heavy atom. The molecule has 0 saturated heterocycles. The van der Waals surface area contributed by atoms with Gasteiger partial charge in [0, 0.05) is 23.2 Å². The monoisotopic (exact) mass is 404 g/mol. The van der Waals surface area contributed by atoms with Gasteiger partial charge in [0.1, 0.15) is 0 Å². The van der Waals surface area contributed by atoms with Gasteiger partial charge in [-0.15, -0.1) is 6.58 Å². The third-order valence-corrected chi connectivity index (χ3v) is 6.70. The lowest BCUT2D eigenvalue weighted by Crippen LogP contribution is -2.34. The van der Waals surface area contributed by atoms with E-state index in [-0.39, 0.29) is 17.3 Å². The second kappa shape index (κ2) is 7.56. The number of anilines is 1. The number of rotatable bonds is 5. The average molecular weight is 404 g/mol. The van der Waals surface area contributed by atoms with Crippen molar-refractivity contribution in [2.24, 2.45) is 0 Å². The molecule has 146 valence electrons. The van der Waals surface area contributed by atoms with Crippen LogP contribution in [0.4, 0.5) is 5.69 Å². The fourth-order valence-corrected chi connectivity index (χ4v) is 5.13. The van der Waals surface area contributed by atoms with Gasteiger partial charge in [0.2, 0.25) is 0 Å². The summed E-state index contributed by atoms with van der Waals surface area (Å²) in [6, 6.07) is 21.6. The van der Waals surface area contributed by atoms with Crippen molar-refractivity contribution in [3.63, 3.8) is 0 Å². The number of nitrogens with one attached hydrogen (secondary N) is 1. The largest absolute Gasteiger partial charge is 0.348 e. The van der Waals surface area contributed by atoms with E-state index < -0.39 is 10.0 Å². The fourth-order valence-electron chi connectivity index (χ4n) is 3.47. The highest BCUT2D eigenvalue weighted by Gasteiger charge is 2.34. The van der Waals surface area contributed by atoms with Crippen molar-refractivity contribution < 1.29 is 13.2 Å². The maximum atomic E-state index is 13.0. The number of carbonyl (C=O) groups excluding carboxylic acids is 1. The lowest BCUT2D eigenvalue weighted by Gasteiger charge is -2.31. The van der Waals surface area contributed by atoms with Gasteiger partial charge in [0.25, 0.3) is 15.9 Å². The second-order valence-electron chi connectivity index (χ2n) is 6.72. The molecule has 0 saturated carbocycles.